The first-order valence-electron chi connectivity index (χ1n) is 14.5. The van der Waals surface area contributed by atoms with E-state index in [-0.39, 0.29) is 30.1 Å². The van der Waals surface area contributed by atoms with E-state index in [2.05, 4.69) is 31.4 Å². The van der Waals surface area contributed by atoms with Crippen molar-refractivity contribution in [1.29, 1.82) is 0 Å². The van der Waals surface area contributed by atoms with E-state index in [4.69, 9.17) is 14.2 Å². The van der Waals surface area contributed by atoms with Crippen molar-refractivity contribution in [2.75, 3.05) is 38.3 Å². The molecule has 0 spiro atoms. The molecule has 222 valence electrons. The third kappa shape index (κ3) is 13.0. The molecule has 0 aliphatic heterocycles. The van der Waals surface area contributed by atoms with Crippen LogP contribution in [0, 0.1) is 11.3 Å². The molecule has 0 radical (unpaired) electrons. The number of aryl methyl sites for hydroxylation is 1. The molecular weight excluding hydrogens is 504 g/mol. The molecule has 0 aliphatic rings. The molecule has 2 aromatic rings. The monoisotopic (exact) mass is 554 g/mol. The Balaban J connectivity index is 1.63. The Hall–Kier alpha value is -2.90. The second kappa shape index (κ2) is 17.0. The molecule has 0 aromatic heterocycles. The van der Waals surface area contributed by atoms with Crippen LogP contribution in [0.1, 0.15) is 66.9 Å². The number of ketones is 2. The lowest BCUT2D eigenvalue weighted by molar-refractivity contribution is -0.132. The van der Waals surface area contributed by atoms with Gasteiger partial charge in [0, 0.05) is 48.1 Å². The maximum Gasteiger partial charge on any atom is 0.164 e. The Labute approximate surface area is 241 Å². The predicted octanol–water partition coefficient (Wildman–Crippen LogP) is 6.10. The number of hydrogen-bond donors (Lipinski definition) is 2. The van der Waals surface area contributed by atoms with E-state index in [9.17, 15) is 9.59 Å². The molecule has 0 bridgehead atoms. The molecule has 0 fully saturated rings. The topological polar surface area (TPSA) is 85.9 Å². The highest BCUT2D eigenvalue weighted by molar-refractivity contribution is 5.85. The Bertz CT molecular complexity index is 1050. The third-order valence-corrected chi connectivity index (χ3v) is 6.66. The molecule has 7 nitrogen and oxygen atoms in total. The van der Waals surface area contributed by atoms with Crippen molar-refractivity contribution in [3.63, 3.8) is 0 Å². The molecule has 1 atom stereocenters. The Morgan fingerprint density at radius 3 is 2.25 bits per heavy atom. The van der Waals surface area contributed by atoms with Crippen LogP contribution in [0.5, 0.6) is 11.5 Å². The summed E-state index contributed by atoms with van der Waals surface area (Å²) in [7, 11) is 0. The Morgan fingerprint density at radius 1 is 0.875 bits per heavy atom. The minimum atomic E-state index is -0.507. The fourth-order valence-electron chi connectivity index (χ4n) is 4.36. The van der Waals surface area contributed by atoms with Crippen molar-refractivity contribution in [3.05, 3.63) is 54.1 Å². The first-order chi connectivity index (χ1) is 19.0. The molecule has 0 amide bonds. The summed E-state index contributed by atoms with van der Waals surface area (Å²) in [6.07, 6.45) is 1.98. The molecular formula is C33H50N2O5. The van der Waals surface area contributed by atoms with E-state index < -0.39 is 5.41 Å². The van der Waals surface area contributed by atoms with Gasteiger partial charge in [0.15, 0.2) is 5.78 Å². The van der Waals surface area contributed by atoms with Gasteiger partial charge in [-0.2, -0.15) is 0 Å². The number of Topliss-reactive ketones (excluding diaryl/α,β-unsaturated/α-hetero) is 2. The van der Waals surface area contributed by atoms with Crippen molar-refractivity contribution in [1.82, 2.24) is 5.32 Å². The quantitative estimate of drug-likeness (QED) is 0.191. The Kier molecular flexibility index (Phi) is 14.2. The van der Waals surface area contributed by atoms with Crippen molar-refractivity contribution < 1.29 is 23.8 Å². The zero-order chi connectivity index (χ0) is 29.5. The molecule has 0 saturated heterocycles. The number of anilines is 1. The SMILES string of the molecule is CC(C)Nc1cccc(OCCOCC(=O)C(C)(C)CC(C)NCCOc2cccc(CCC(=O)C(C)C)c2)c1. The largest absolute Gasteiger partial charge is 0.492 e. The van der Waals surface area contributed by atoms with Gasteiger partial charge >= 0.3 is 0 Å². The van der Waals surface area contributed by atoms with Crippen molar-refractivity contribution in [2.24, 2.45) is 11.3 Å². The molecule has 0 aliphatic carbocycles. The summed E-state index contributed by atoms with van der Waals surface area (Å²) in [6.45, 7) is 16.1. The summed E-state index contributed by atoms with van der Waals surface area (Å²) >= 11 is 0. The lowest BCUT2D eigenvalue weighted by atomic mass is 9.82. The van der Waals surface area contributed by atoms with Crippen LogP contribution in [-0.4, -0.2) is 56.6 Å². The van der Waals surface area contributed by atoms with Crippen LogP contribution in [0.15, 0.2) is 48.5 Å². The first-order valence-corrected chi connectivity index (χ1v) is 14.5. The minimum absolute atomic E-state index is 0.0697. The van der Waals surface area contributed by atoms with Gasteiger partial charge < -0.3 is 24.8 Å². The standard InChI is InChI=1S/C33H50N2O5/c1-24(2)31(36)15-14-27-10-8-12-29(20-27)39-17-16-34-26(5)22-33(6,7)32(37)23-38-18-19-40-30-13-9-11-28(21-30)35-25(3)4/h8-13,20-21,24-26,34-35H,14-19,22-23H2,1-7H3. The number of nitrogens with one attached hydrogen (secondary N) is 2. The number of rotatable bonds is 20. The number of carbonyl (C=O) groups is 2. The van der Waals surface area contributed by atoms with Crippen LogP contribution < -0.4 is 20.1 Å². The van der Waals surface area contributed by atoms with E-state index >= 15 is 0 Å². The van der Waals surface area contributed by atoms with Crippen LogP contribution in [0.4, 0.5) is 5.69 Å². The van der Waals surface area contributed by atoms with Crippen molar-refractivity contribution in [3.8, 4) is 11.5 Å². The van der Waals surface area contributed by atoms with Gasteiger partial charge in [0.1, 0.15) is 37.1 Å². The summed E-state index contributed by atoms with van der Waals surface area (Å²) in [5, 5.41) is 6.81. The van der Waals surface area contributed by atoms with Gasteiger partial charge in [-0.15, -0.1) is 0 Å². The summed E-state index contributed by atoms with van der Waals surface area (Å²) in [5.41, 5.74) is 1.61. The summed E-state index contributed by atoms with van der Waals surface area (Å²) in [5.74, 6) is 2.01. The van der Waals surface area contributed by atoms with Gasteiger partial charge in [-0.3, -0.25) is 9.59 Å². The minimum Gasteiger partial charge on any atom is -0.492 e. The van der Waals surface area contributed by atoms with Crippen LogP contribution in [0.3, 0.4) is 0 Å². The maximum absolute atomic E-state index is 12.8. The molecule has 1 unspecified atom stereocenters. The highest BCUT2D eigenvalue weighted by Gasteiger charge is 2.29. The maximum atomic E-state index is 12.8. The first kappa shape index (κ1) is 33.3. The van der Waals surface area contributed by atoms with E-state index in [1.54, 1.807) is 0 Å². The highest BCUT2D eigenvalue weighted by atomic mass is 16.5. The smallest absolute Gasteiger partial charge is 0.164 e. The van der Waals surface area contributed by atoms with Gasteiger partial charge in [-0.25, -0.2) is 0 Å². The molecule has 0 saturated carbocycles. The number of carbonyl (C=O) groups excluding carboxylic acids is 2. The van der Waals surface area contributed by atoms with Gasteiger partial charge in [0.2, 0.25) is 0 Å². The van der Waals surface area contributed by atoms with Crippen LogP contribution in [0.25, 0.3) is 0 Å². The molecule has 2 N–H and O–H groups in total. The van der Waals surface area contributed by atoms with Gasteiger partial charge in [-0.1, -0.05) is 45.9 Å². The summed E-state index contributed by atoms with van der Waals surface area (Å²) < 4.78 is 17.3. The third-order valence-electron chi connectivity index (χ3n) is 6.66. The van der Waals surface area contributed by atoms with Crippen LogP contribution >= 0.6 is 0 Å². The van der Waals surface area contributed by atoms with E-state index in [1.165, 1.54) is 0 Å². The lowest BCUT2D eigenvalue weighted by Gasteiger charge is -2.27. The predicted molar refractivity (Wildman–Crippen MR) is 162 cm³/mol. The second-order valence-corrected chi connectivity index (χ2v) is 11.7. The van der Waals surface area contributed by atoms with Crippen LogP contribution in [0.2, 0.25) is 0 Å². The Morgan fingerprint density at radius 2 is 1.55 bits per heavy atom. The fraction of sp³-hybridized carbons (Fsp3) is 0.576. The molecule has 7 heteroatoms. The van der Waals surface area contributed by atoms with Crippen LogP contribution in [-0.2, 0) is 20.7 Å². The van der Waals surface area contributed by atoms with E-state index in [0.29, 0.717) is 45.2 Å². The average Bonchev–Trinajstić information content (AvgIpc) is 2.89. The zero-order valence-corrected chi connectivity index (χ0v) is 25.5. The van der Waals surface area contributed by atoms with E-state index in [1.807, 2.05) is 76.2 Å². The number of ether oxygens (including phenoxy) is 3. The summed E-state index contributed by atoms with van der Waals surface area (Å²) in [4.78, 5) is 24.7. The lowest BCUT2D eigenvalue weighted by Crippen LogP contribution is -2.38. The number of hydrogen-bond acceptors (Lipinski definition) is 7. The van der Waals surface area contributed by atoms with Crippen molar-refractivity contribution in [2.45, 2.75) is 79.8 Å². The van der Waals surface area contributed by atoms with E-state index in [0.717, 1.165) is 29.2 Å². The zero-order valence-electron chi connectivity index (χ0n) is 25.5. The molecule has 0 heterocycles. The van der Waals surface area contributed by atoms with Gasteiger partial charge in [0.25, 0.3) is 0 Å². The highest BCUT2D eigenvalue weighted by Crippen LogP contribution is 2.24. The van der Waals surface area contributed by atoms with Crippen molar-refractivity contribution >= 4 is 17.3 Å². The molecule has 2 rings (SSSR count). The molecule has 2 aromatic carbocycles. The number of benzene rings is 2. The van der Waals surface area contributed by atoms with Gasteiger partial charge in [0.05, 0.1) is 6.61 Å². The normalized spacial score (nSPS) is 12.4. The average molecular weight is 555 g/mol. The fourth-order valence-corrected chi connectivity index (χ4v) is 4.36. The molecule has 40 heavy (non-hydrogen) atoms. The summed E-state index contributed by atoms with van der Waals surface area (Å²) in [6, 6.07) is 16.3. The van der Waals surface area contributed by atoms with Gasteiger partial charge in [-0.05, 0) is 63.4 Å². The second-order valence-electron chi connectivity index (χ2n) is 11.7.